The minimum Gasteiger partial charge on any atom is -0.341 e. The molecule has 15 heavy (non-hydrogen) atoms. The van der Waals surface area contributed by atoms with Crippen LogP contribution in [-0.2, 0) is 19.7 Å². The Morgan fingerprint density at radius 3 is 2.33 bits per heavy atom. The summed E-state index contributed by atoms with van der Waals surface area (Å²) in [4.78, 5) is 3.17. The summed E-state index contributed by atoms with van der Waals surface area (Å²) in [5, 5.41) is 0. The van der Waals surface area contributed by atoms with Crippen molar-refractivity contribution in [2.24, 2.45) is 0 Å². The minimum atomic E-state index is -2.74. The van der Waals surface area contributed by atoms with Crippen molar-refractivity contribution in [2.75, 3.05) is 21.3 Å². The highest BCUT2D eigenvalue weighted by molar-refractivity contribution is 6.50. The second-order valence-electron chi connectivity index (χ2n) is 3.16. The lowest BCUT2D eigenvalue weighted by atomic mass is 10.3. The lowest BCUT2D eigenvalue weighted by Crippen LogP contribution is -2.70. The van der Waals surface area contributed by atoms with Gasteiger partial charge in [-0.25, -0.2) is 9.22 Å². The van der Waals surface area contributed by atoms with Crippen LogP contribution in [-0.4, -0.2) is 35.3 Å². The van der Waals surface area contributed by atoms with Crippen molar-refractivity contribution in [1.29, 1.82) is 0 Å². The van der Waals surface area contributed by atoms with Gasteiger partial charge in [0.25, 0.3) is 0 Å². The number of aryl methyl sites for hydroxylation is 1. The van der Waals surface area contributed by atoms with E-state index in [-0.39, 0.29) is 0 Å². The number of H-pyrrole nitrogens is 1. The first kappa shape index (κ1) is 12.4. The summed E-state index contributed by atoms with van der Waals surface area (Å²) in [6, 6.07) is 0. The number of nitrogens with zero attached hydrogens (tertiary/aromatic N) is 1. The molecule has 0 amide bonds. The van der Waals surface area contributed by atoms with Crippen LogP contribution in [0.4, 0.5) is 0 Å². The summed E-state index contributed by atoms with van der Waals surface area (Å²) in [6.07, 6.45) is 5.76. The Hall–Kier alpha value is -0.693. The van der Waals surface area contributed by atoms with Gasteiger partial charge in [0.2, 0.25) is 5.82 Å². The van der Waals surface area contributed by atoms with Crippen molar-refractivity contribution in [3.8, 4) is 0 Å². The molecule has 0 spiro atoms. The van der Waals surface area contributed by atoms with E-state index in [2.05, 4.69) is 11.9 Å². The lowest BCUT2D eigenvalue weighted by molar-refractivity contribution is -0.600. The number of imidazole rings is 1. The summed E-state index contributed by atoms with van der Waals surface area (Å²) in [6.45, 7) is 2.13. The molecule has 0 aliphatic carbocycles. The molecule has 6 heteroatoms. The highest BCUT2D eigenvalue weighted by atomic mass is 28.4. The zero-order chi connectivity index (χ0) is 11.3. The van der Waals surface area contributed by atoms with Crippen molar-refractivity contribution in [3.05, 3.63) is 18.2 Å². The van der Waals surface area contributed by atoms with E-state index in [4.69, 9.17) is 13.3 Å². The maximum atomic E-state index is 5.41. The molecule has 0 bridgehead atoms. The van der Waals surface area contributed by atoms with Gasteiger partial charge in [0, 0.05) is 27.8 Å². The van der Waals surface area contributed by atoms with Crippen LogP contribution >= 0.6 is 0 Å². The van der Waals surface area contributed by atoms with Crippen molar-refractivity contribution >= 4 is 8.97 Å². The Morgan fingerprint density at radius 1 is 1.27 bits per heavy atom. The Kier molecular flexibility index (Phi) is 4.46. The van der Waals surface area contributed by atoms with E-state index >= 15 is 0 Å². The number of rotatable bonds is 6. The third kappa shape index (κ3) is 2.28. The van der Waals surface area contributed by atoms with Gasteiger partial charge < -0.3 is 13.3 Å². The van der Waals surface area contributed by atoms with Crippen molar-refractivity contribution < 1.29 is 17.5 Å². The molecule has 0 radical (unpaired) electrons. The van der Waals surface area contributed by atoms with Crippen LogP contribution in [0.1, 0.15) is 19.2 Å². The van der Waals surface area contributed by atoms with Crippen LogP contribution in [0.3, 0.4) is 0 Å². The number of aromatic amines is 1. The van der Waals surface area contributed by atoms with Gasteiger partial charge in [-0.15, -0.1) is 0 Å². The van der Waals surface area contributed by atoms with E-state index in [1.165, 1.54) is 0 Å². The second-order valence-corrected chi connectivity index (χ2v) is 5.92. The molecular weight excluding hydrogens is 212 g/mol. The summed E-state index contributed by atoms with van der Waals surface area (Å²) >= 11 is 0. The molecule has 0 fully saturated rings. The normalized spacial score (nSPS) is 12.0. The lowest BCUT2D eigenvalue weighted by Gasteiger charge is -2.19. The molecule has 1 rings (SSSR count). The Bertz CT molecular complexity index is 291. The Labute approximate surface area is 91.4 Å². The van der Waals surface area contributed by atoms with Crippen LogP contribution in [0.5, 0.6) is 0 Å². The number of hydrogen-bond donors (Lipinski definition) is 1. The molecule has 0 aliphatic rings. The number of aromatic nitrogens is 2. The van der Waals surface area contributed by atoms with Gasteiger partial charge in [0.05, 0.1) is 0 Å². The van der Waals surface area contributed by atoms with Gasteiger partial charge >= 0.3 is 8.97 Å². The standard InChI is InChI=1S/C9H18N2O3Si/c1-5-6-9-10-7-8-11(9)15(12-2,13-3)14-4/h7-8H,5-6H2,1-4H3/p+1. The van der Waals surface area contributed by atoms with Gasteiger partial charge in [-0.2, -0.15) is 0 Å². The predicted octanol–water partition coefficient (Wildman–Crippen LogP) is 0.478. The highest BCUT2D eigenvalue weighted by Crippen LogP contribution is 2.04. The molecule has 0 aromatic carbocycles. The molecular formula is C9H19N2O3Si+. The van der Waals surface area contributed by atoms with Gasteiger partial charge in [-0.05, 0) is 6.42 Å². The third-order valence-corrected chi connectivity index (χ3v) is 4.88. The molecule has 5 nitrogen and oxygen atoms in total. The summed E-state index contributed by atoms with van der Waals surface area (Å²) in [7, 11) is 2.08. The van der Waals surface area contributed by atoms with Crippen LogP contribution in [0.2, 0.25) is 0 Å². The molecule has 1 heterocycles. The Morgan fingerprint density at radius 2 is 1.87 bits per heavy atom. The van der Waals surface area contributed by atoms with E-state index in [9.17, 15) is 0 Å². The van der Waals surface area contributed by atoms with Gasteiger partial charge in [-0.3, -0.25) is 0 Å². The van der Waals surface area contributed by atoms with Crippen LogP contribution in [0, 0.1) is 0 Å². The van der Waals surface area contributed by atoms with Gasteiger partial charge in [0.1, 0.15) is 12.4 Å². The first-order chi connectivity index (χ1) is 7.24. The monoisotopic (exact) mass is 231 g/mol. The number of nitrogens with one attached hydrogen (secondary N) is 1. The first-order valence-electron chi connectivity index (χ1n) is 4.98. The molecule has 0 aliphatic heterocycles. The van der Waals surface area contributed by atoms with E-state index in [0.717, 1.165) is 18.7 Å². The van der Waals surface area contributed by atoms with E-state index in [1.54, 1.807) is 21.3 Å². The zero-order valence-corrected chi connectivity index (χ0v) is 10.7. The molecule has 0 saturated heterocycles. The SMILES string of the molecule is CCCc1[nH]cc[n+]1[Si](OC)(OC)OC. The summed E-state index contributed by atoms with van der Waals surface area (Å²) in [5.41, 5.74) is 0. The second kappa shape index (κ2) is 5.41. The predicted molar refractivity (Wildman–Crippen MR) is 57.2 cm³/mol. The molecule has 0 atom stereocenters. The average Bonchev–Trinajstić information content (AvgIpc) is 2.71. The van der Waals surface area contributed by atoms with Crippen molar-refractivity contribution in [2.45, 2.75) is 19.8 Å². The fourth-order valence-electron chi connectivity index (χ4n) is 1.60. The fraction of sp³-hybridized carbons (Fsp3) is 0.667. The largest absolute Gasteiger partial charge is 0.756 e. The average molecular weight is 231 g/mol. The molecule has 1 N–H and O–H groups in total. The third-order valence-electron chi connectivity index (χ3n) is 2.32. The van der Waals surface area contributed by atoms with Gasteiger partial charge in [0.15, 0.2) is 0 Å². The maximum absolute atomic E-state index is 5.41. The Balaban J connectivity index is 3.04. The van der Waals surface area contributed by atoms with Crippen LogP contribution < -0.4 is 4.23 Å². The fourth-order valence-corrected chi connectivity index (χ4v) is 3.45. The maximum Gasteiger partial charge on any atom is 0.756 e. The van der Waals surface area contributed by atoms with E-state index in [0.29, 0.717) is 0 Å². The molecule has 0 unspecified atom stereocenters. The van der Waals surface area contributed by atoms with E-state index < -0.39 is 8.97 Å². The summed E-state index contributed by atoms with van der Waals surface area (Å²) < 4.78 is 18.2. The van der Waals surface area contributed by atoms with Crippen LogP contribution in [0.25, 0.3) is 0 Å². The highest BCUT2D eigenvalue weighted by Gasteiger charge is 2.51. The smallest absolute Gasteiger partial charge is 0.341 e. The van der Waals surface area contributed by atoms with Crippen molar-refractivity contribution in [3.63, 3.8) is 0 Å². The van der Waals surface area contributed by atoms with E-state index in [1.807, 2.05) is 16.6 Å². The molecule has 86 valence electrons. The molecule has 0 saturated carbocycles. The first-order valence-corrected chi connectivity index (χ1v) is 6.65. The topological polar surface area (TPSA) is 47.4 Å². The molecule has 1 aromatic heterocycles. The van der Waals surface area contributed by atoms with Crippen molar-refractivity contribution in [1.82, 2.24) is 4.98 Å². The van der Waals surface area contributed by atoms with Crippen LogP contribution in [0.15, 0.2) is 12.4 Å². The zero-order valence-electron chi connectivity index (χ0n) is 9.74. The molecule has 1 aromatic rings. The quantitative estimate of drug-likeness (QED) is 0.724. The number of hydrogen-bond acceptors (Lipinski definition) is 3. The minimum absolute atomic E-state index is 0.942. The summed E-state index contributed by atoms with van der Waals surface area (Å²) in [5.74, 6) is 1.06. The van der Waals surface area contributed by atoms with Gasteiger partial charge in [-0.1, -0.05) is 6.92 Å².